The molecule has 0 aromatic heterocycles. The first kappa shape index (κ1) is 35.9. The monoisotopic (exact) mass is 650 g/mol. The Morgan fingerprint density at radius 1 is 1.00 bits per heavy atom. The fourth-order valence-electron chi connectivity index (χ4n) is 6.96. The molecule has 2 atom stereocenters. The molecule has 2 saturated carbocycles. The second-order valence-corrected chi connectivity index (χ2v) is 16.2. The number of carboxylic acids is 1. The number of sulfone groups is 1. The number of carbonyl (C=O) groups excluding carboxylic acids is 1. The van der Waals surface area contributed by atoms with E-state index in [9.17, 15) is 23.1 Å². The van der Waals surface area contributed by atoms with Gasteiger partial charge in [0.15, 0.2) is 0 Å². The number of amides is 1. The topological polar surface area (TPSA) is 104 Å². The molecule has 7 nitrogen and oxygen atoms in total. The summed E-state index contributed by atoms with van der Waals surface area (Å²) in [5, 5.41) is 12.4. The molecule has 2 aromatic carbocycles. The van der Waals surface area contributed by atoms with Gasteiger partial charge in [0, 0.05) is 30.4 Å². The molecule has 2 aromatic rings. The summed E-state index contributed by atoms with van der Waals surface area (Å²) in [4.78, 5) is 28.3. The lowest BCUT2D eigenvalue weighted by Gasteiger charge is -2.36. The Hall–Kier alpha value is -2.97. The summed E-state index contributed by atoms with van der Waals surface area (Å²) in [6.45, 7) is 7.17. The van der Waals surface area contributed by atoms with Crippen LogP contribution in [0.4, 0.5) is 0 Å². The standard InChI is InChI=1S/C38H54N2O5S/c1-27(2)12-8-10-16-32(24-29-14-6-5-7-15-29)40(31-19-20-31)26-30-18-21-34(35(25-30)33-17-11-9-13-28(33)3)37(41)39-36(38(42)43)22-23-46(4,44)45/h9,11-13,17-18,21,25,29,31-32,36H,5-8,10,14-16,19-20,22-24,26H2,1-4H3,(H,39,41)(H,42,43). The third kappa shape index (κ3) is 11.1. The Labute approximate surface area is 276 Å². The average Bonchev–Trinajstić information content (AvgIpc) is 3.85. The zero-order valence-corrected chi connectivity index (χ0v) is 29.1. The van der Waals surface area contributed by atoms with E-state index in [0.717, 1.165) is 47.4 Å². The minimum atomic E-state index is -3.38. The number of carboxylic acid groups (broad SMARTS) is 1. The predicted octanol–water partition coefficient (Wildman–Crippen LogP) is 7.72. The maximum absolute atomic E-state index is 13.6. The van der Waals surface area contributed by atoms with E-state index < -0.39 is 27.8 Å². The van der Waals surface area contributed by atoms with Crippen LogP contribution in [0, 0.1) is 12.8 Å². The number of aryl methyl sites for hydroxylation is 1. The lowest BCUT2D eigenvalue weighted by molar-refractivity contribution is -0.139. The maximum atomic E-state index is 13.6. The molecule has 252 valence electrons. The van der Waals surface area contributed by atoms with Gasteiger partial charge in [0.25, 0.3) is 5.91 Å². The largest absolute Gasteiger partial charge is 0.480 e. The van der Waals surface area contributed by atoms with Crippen LogP contribution >= 0.6 is 0 Å². The highest BCUT2D eigenvalue weighted by molar-refractivity contribution is 7.90. The number of unbranched alkanes of at least 4 members (excludes halogenated alkanes) is 1. The Morgan fingerprint density at radius 2 is 1.72 bits per heavy atom. The van der Waals surface area contributed by atoms with Gasteiger partial charge in [-0.2, -0.15) is 0 Å². The van der Waals surface area contributed by atoms with Gasteiger partial charge in [-0.1, -0.05) is 74.1 Å². The van der Waals surface area contributed by atoms with E-state index in [2.05, 4.69) is 36.2 Å². The van der Waals surface area contributed by atoms with Gasteiger partial charge >= 0.3 is 5.97 Å². The van der Waals surface area contributed by atoms with Crippen LogP contribution in [0.2, 0.25) is 0 Å². The van der Waals surface area contributed by atoms with Crippen LogP contribution < -0.4 is 5.32 Å². The van der Waals surface area contributed by atoms with E-state index in [1.54, 1.807) is 0 Å². The molecule has 1 amide bonds. The third-order valence-corrected chi connectivity index (χ3v) is 10.6. The second-order valence-electron chi connectivity index (χ2n) is 14.0. The van der Waals surface area contributed by atoms with Gasteiger partial charge in [0.1, 0.15) is 15.9 Å². The van der Waals surface area contributed by atoms with Crippen LogP contribution in [-0.4, -0.2) is 60.4 Å². The molecule has 2 aliphatic carbocycles. The van der Waals surface area contributed by atoms with Crippen LogP contribution in [0.1, 0.15) is 112 Å². The van der Waals surface area contributed by atoms with E-state index >= 15 is 0 Å². The van der Waals surface area contributed by atoms with Crippen molar-refractivity contribution in [2.75, 3.05) is 12.0 Å². The summed E-state index contributed by atoms with van der Waals surface area (Å²) in [5.74, 6) is -1.29. The highest BCUT2D eigenvalue weighted by Crippen LogP contribution is 2.37. The Balaban J connectivity index is 1.62. The Kier molecular flexibility index (Phi) is 13.0. The van der Waals surface area contributed by atoms with Crippen molar-refractivity contribution in [1.29, 1.82) is 0 Å². The van der Waals surface area contributed by atoms with Crippen LogP contribution in [0.15, 0.2) is 54.1 Å². The Morgan fingerprint density at radius 3 is 2.35 bits per heavy atom. The SMILES string of the molecule is CC(C)=CCCCC(CC1CCCCC1)N(Cc1ccc(C(=O)NC(CCS(C)(=O)=O)C(=O)O)c(-c2ccccc2C)c1)C1CC1. The molecule has 0 spiro atoms. The first-order chi connectivity index (χ1) is 21.9. The highest BCUT2D eigenvalue weighted by atomic mass is 32.2. The van der Waals surface area contributed by atoms with Crippen molar-refractivity contribution >= 4 is 21.7 Å². The first-order valence-corrected chi connectivity index (χ1v) is 19.3. The molecule has 46 heavy (non-hydrogen) atoms. The summed E-state index contributed by atoms with van der Waals surface area (Å²) in [7, 11) is -3.38. The van der Waals surface area contributed by atoms with Crippen molar-refractivity contribution in [2.24, 2.45) is 5.92 Å². The number of carbonyl (C=O) groups is 2. The van der Waals surface area contributed by atoms with Crippen LogP contribution in [0.5, 0.6) is 0 Å². The van der Waals surface area contributed by atoms with Gasteiger partial charge in [-0.05, 0) is 106 Å². The first-order valence-electron chi connectivity index (χ1n) is 17.2. The number of rotatable bonds is 17. The minimum Gasteiger partial charge on any atom is -0.480 e. The minimum absolute atomic E-state index is 0.190. The molecular weight excluding hydrogens is 596 g/mol. The van der Waals surface area contributed by atoms with Crippen molar-refractivity contribution in [1.82, 2.24) is 10.2 Å². The molecule has 0 aliphatic heterocycles. The van der Waals surface area contributed by atoms with E-state index in [0.29, 0.717) is 17.6 Å². The lowest BCUT2D eigenvalue weighted by Crippen LogP contribution is -2.42. The number of hydrogen-bond donors (Lipinski definition) is 2. The van der Waals surface area contributed by atoms with E-state index in [1.165, 1.54) is 69.8 Å². The average molecular weight is 651 g/mol. The van der Waals surface area contributed by atoms with Crippen molar-refractivity contribution in [3.05, 3.63) is 70.8 Å². The van der Waals surface area contributed by atoms with Crippen LogP contribution in [0.25, 0.3) is 11.1 Å². The number of nitrogens with one attached hydrogen (secondary N) is 1. The van der Waals surface area contributed by atoms with Crippen LogP contribution in [-0.2, 0) is 21.2 Å². The molecule has 8 heteroatoms. The van der Waals surface area contributed by atoms with Crippen molar-refractivity contribution in [2.45, 2.75) is 122 Å². The highest BCUT2D eigenvalue weighted by Gasteiger charge is 2.35. The number of benzene rings is 2. The fraction of sp³-hybridized carbons (Fsp3) is 0.579. The van der Waals surface area contributed by atoms with Gasteiger partial charge in [0.2, 0.25) is 0 Å². The molecule has 2 aliphatic rings. The number of allylic oxidation sites excluding steroid dienone is 2. The normalized spacial score (nSPS) is 17.0. The quantitative estimate of drug-likeness (QED) is 0.134. The fourth-order valence-corrected chi connectivity index (χ4v) is 7.62. The number of aliphatic carboxylic acids is 1. The summed E-state index contributed by atoms with van der Waals surface area (Å²) < 4.78 is 23.4. The second kappa shape index (κ2) is 16.7. The number of hydrogen-bond acceptors (Lipinski definition) is 5. The zero-order valence-electron chi connectivity index (χ0n) is 28.3. The molecule has 0 heterocycles. The summed E-state index contributed by atoms with van der Waals surface area (Å²) >= 11 is 0. The molecule has 0 saturated heterocycles. The van der Waals surface area contributed by atoms with Gasteiger partial charge in [-0.15, -0.1) is 0 Å². The molecule has 2 unspecified atom stereocenters. The molecule has 2 fully saturated rings. The molecule has 4 rings (SSSR count). The van der Waals surface area contributed by atoms with Crippen LogP contribution in [0.3, 0.4) is 0 Å². The molecule has 2 N–H and O–H groups in total. The van der Waals surface area contributed by atoms with Crippen molar-refractivity contribution in [3.8, 4) is 11.1 Å². The zero-order chi connectivity index (χ0) is 33.3. The van der Waals surface area contributed by atoms with Gasteiger partial charge in [0.05, 0.1) is 5.75 Å². The van der Waals surface area contributed by atoms with Gasteiger partial charge in [-0.3, -0.25) is 9.69 Å². The summed E-state index contributed by atoms with van der Waals surface area (Å²) in [6, 6.07) is 13.7. The van der Waals surface area contributed by atoms with E-state index in [4.69, 9.17) is 0 Å². The molecular formula is C38H54N2O5S. The maximum Gasteiger partial charge on any atom is 0.326 e. The summed E-state index contributed by atoms with van der Waals surface area (Å²) in [6.07, 6.45) is 17.2. The van der Waals surface area contributed by atoms with E-state index in [1.807, 2.05) is 43.3 Å². The smallest absolute Gasteiger partial charge is 0.326 e. The Bertz CT molecular complexity index is 1470. The third-order valence-electron chi connectivity index (χ3n) is 9.62. The van der Waals surface area contributed by atoms with E-state index in [-0.39, 0.29) is 12.2 Å². The van der Waals surface area contributed by atoms with Gasteiger partial charge in [-0.25, -0.2) is 13.2 Å². The molecule has 0 radical (unpaired) electrons. The van der Waals surface area contributed by atoms with Gasteiger partial charge < -0.3 is 10.4 Å². The van der Waals surface area contributed by atoms with Crippen molar-refractivity contribution in [3.63, 3.8) is 0 Å². The lowest BCUT2D eigenvalue weighted by atomic mass is 9.83. The summed E-state index contributed by atoms with van der Waals surface area (Å²) in [5.41, 5.74) is 5.63. The van der Waals surface area contributed by atoms with Crippen molar-refractivity contribution < 1.29 is 23.1 Å². The predicted molar refractivity (Wildman–Crippen MR) is 187 cm³/mol. The molecule has 0 bridgehead atoms. The number of nitrogens with zero attached hydrogens (tertiary/aromatic N) is 1.